The normalized spacial score (nSPS) is 11.8. The van der Waals surface area contributed by atoms with Gasteiger partial charge in [-0.3, -0.25) is 0 Å². The van der Waals surface area contributed by atoms with E-state index in [-0.39, 0.29) is 0 Å². The Balaban J connectivity index is 4.80. The van der Waals surface area contributed by atoms with E-state index in [1.165, 1.54) is 0 Å². The number of carbonyl (C=O) groups is 2. The molecule has 0 unspecified atom stereocenters. The molecule has 0 atom stereocenters. The lowest BCUT2D eigenvalue weighted by Gasteiger charge is -2.10. The number of rotatable bonds is 8. The summed E-state index contributed by atoms with van der Waals surface area (Å²) in [5.41, 5.74) is 0.804. The Morgan fingerprint density at radius 1 is 0.833 bits per heavy atom. The fraction of sp³-hybridized carbons (Fsp3) is 0.714. The van der Waals surface area contributed by atoms with Gasteiger partial charge in [0.05, 0.1) is 13.2 Å². The second kappa shape index (κ2) is 9.68. The monoisotopic (exact) mass is 256 g/mol. The molecule has 4 nitrogen and oxygen atoms in total. The second-order valence-corrected chi connectivity index (χ2v) is 4.13. The molecule has 4 heteroatoms. The lowest BCUT2D eigenvalue weighted by molar-refractivity contribution is -0.142. The van der Waals surface area contributed by atoms with Crippen molar-refractivity contribution in [2.24, 2.45) is 0 Å². The van der Waals surface area contributed by atoms with Crippen molar-refractivity contribution in [1.82, 2.24) is 0 Å². The molecule has 0 radical (unpaired) electrons. The van der Waals surface area contributed by atoms with Gasteiger partial charge in [-0.2, -0.15) is 0 Å². The first-order chi connectivity index (χ1) is 8.58. The minimum Gasteiger partial charge on any atom is -0.462 e. The van der Waals surface area contributed by atoms with Crippen LogP contribution in [0.2, 0.25) is 0 Å². The number of ether oxygens (including phenoxy) is 2. The average Bonchev–Trinajstić information content (AvgIpc) is 2.38. The van der Waals surface area contributed by atoms with Gasteiger partial charge in [-0.05, 0) is 26.2 Å². The third-order valence-corrected chi connectivity index (χ3v) is 2.38. The van der Waals surface area contributed by atoms with Crippen LogP contribution in [0.4, 0.5) is 0 Å². The number of esters is 2. The maximum Gasteiger partial charge on any atom is 0.334 e. The van der Waals surface area contributed by atoms with Crippen LogP contribution in [0.3, 0.4) is 0 Å². The fourth-order valence-electron chi connectivity index (χ4n) is 1.40. The highest BCUT2D eigenvalue weighted by Crippen LogP contribution is 2.15. The van der Waals surface area contributed by atoms with Crippen LogP contribution in [-0.4, -0.2) is 25.2 Å². The Hall–Kier alpha value is -1.32. The largest absolute Gasteiger partial charge is 0.462 e. The Morgan fingerprint density at radius 2 is 1.33 bits per heavy atom. The van der Waals surface area contributed by atoms with Gasteiger partial charge in [0, 0.05) is 11.1 Å². The van der Waals surface area contributed by atoms with E-state index in [1.54, 1.807) is 6.92 Å². The predicted molar refractivity (Wildman–Crippen MR) is 70.1 cm³/mol. The van der Waals surface area contributed by atoms with Crippen molar-refractivity contribution in [2.45, 2.75) is 53.4 Å². The molecule has 0 aromatic heterocycles. The summed E-state index contributed by atoms with van der Waals surface area (Å²) in [6.07, 6.45) is 2.86. The van der Waals surface area contributed by atoms with E-state index >= 15 is 0 Å². The minimum atomic E-state index is -0.422. The predicted octanol–water partition coefficient (Wildman–Crippen LogP) is 3.01. The molecule has 0 aromatic carbocycles. The topological polar surface area (TPSA) is 52.6 Å². The SMILES string of the molecule is CCCOC(=O)C(C)=C(CCC)C(=O)OCCC. The summed E-state index contributed by atoms with van der Waals surface area (Å²) in [5, 5.41) is 0. The average molecular weight is 256 g/mol. The molecule has 0 amide bonds. The van der Waals surface area contributed by atoms with Crippen LogP contribution in [-0.2, 0) is 19.1 Å². The van der Waals surface area contributed by atoms with Crippen molar-refractivity contribution in [3.05, 3.63) is 11.1 Å². The van der Waals surface area contributed by atoms with Gasteiger partial charge in [0.1, 0.15) is 0 Å². The zero-order valence-electron chi connectivity index (χ0n) is 11.9. The first kappa shape index (κ1) is 16.7. The summed E-state index contributed by atoms with van der Waals surface area (Å²) in [6, 6.07) is 0. The molecule has 0 rings (SSSR count). The van der Waals surface area contributed by atoms with E-state index in [2.05, 4.69) is 0 Å². The van der Waals surface area contributed by atoms with E-state index in [9.17, 15) is 9.59 Å². The zero-order chi connectivity index (χ0) is 14.0. The summed E-state index contributed by atoms with van der Waals surface area (Å²) in [6.45, 7) is 8.19. The third-order valence-electron chi connectivity index (χ3n) is 2.38. The van der Waals surface area contributed by atoms with Crippen LogP contribution in [0.5, 0.6) is 0 Å². The van der Waals surface area contributed by atoms with Crippen LogP contribution < -0.4 is 0 Å². The van der Waals surface area contributed by atoms with Crippen molar-refractivity contribution in [3.63, 3.8) is 0 Å². The van der Waals surface area contributed by atoms with Gasteiger partial charge in [-0.1, -0.05) is 27.2 Å². The highest BCUT2D eigenvalue weighted by atomic mass is 16.5. The molecule has 0 saturated carbocycles. The van der Waals surface area contributed by atoms with Gasteiger partial charge < -0.3 is 9.47 Å². The molecular formula is C14H24O4. The molecule has 0 aliphatic heterocycles. The molecule has 0 saturated heterocycles. The van der Waals surface area contributed by atoms with E-state index in [1.807, 2.05) is 20.8 Å². The quantitative estimate of drug-likeness (QED) is 0.495. The molecule has 0 bridgehead atoms. The summed E-state index contributed by atoms with van der Waals surface area (Å²) >= 11 is 0. The number of hydrogen-bond acceptors (Lipinski definition) is 4. The molecule has 0 aliphatic carbocycles. The molecule has 104 valence electrons. The van der Waals surface area contributed by atoms with Gasteiger partial charge in [-0.25, -0.2) is 9.59 Å². The van der Waals surface area contributed by atoms with Gasteiger partial charge >= 0.3 is 11.9 Å². The highest BCUT2D eigenvalue weighted by molar-refractivity contribution is 5.99. The van der Waals surface area contributed by atoms with Crippen LogP contribution in [0.1, 0.15) is 53.4 Å². The van der Waals surface area contributed by atoms with Crippen molar-refractivity contribution >= 4 is 11.9 Å². The second-order valence-electron chi connectivity index (χ2n) is 4.13. The molecule has 18 heavy (non-hydrogen) atoms. The van der Waals surface area contributed by atoms with Gasteiger partial charge in [0.15, 0.2) is 0 Å². The molecular weight excluding hydrogens is 232 g/mol. The molecule has 0 aromatic rings. The molecule has 0 spiro atoms. The first-order valence-electron chi connectivity index (χ1n) is 6.62. The number of carbonyl (C=O) groups excluding carboxylic acids is 2. The smallest absolute Gasteiger partial charge is 0.334 e. The van der Waals surface area contributed by atoms with E-state index < -0.39 is 11.9 Å². The third kappa shape index (κ3) is 5.84. The molecule has 0 fully saturated rings. The van der Waals surface area contributed by atoms with Gasteiger partial charge in [-0.15, -0.1) is 0 Å². The Bertz CT molecular complexity index is 305. The molecule has 0 N–H and O–H groups in total. The highest BCUT2D eigenvalue weighted by Gasteiger charge is 2.18. The van der Waals surface area contributed by atoms with Crippen molar-refractivity contribution in [2.75, 3.05) is 13.2 Å². The Kier molecular flexibility index (Phi) is 8.97. The van der Waals surface area contributed by atoms with E-state index in [4.69, 9.17) is 9.47 Å². The maximum atomic E-state index is 11.8. The Labute approximate surface area is 109 Å². The standard InChI is InChI=1S/C14H24O4/c1-5-8-12(14(16)18-10-7-3)11(4)13(15)17-9-6-2/h5-10H2,1-4H3. The minimum absolute atomic E-state index is 0.367. The van der Waals surface area contributed by atoms with Crippen molar-refractivity contribution < 1.29 is 19.1 Å². The first-order valence-corrected chi connectivity index (χ1v) is 6.62. The maximum absolute atomic E-state index is 11.8. The summed E-state index contributed by atoms with van der Waals surface area (Å²) < 4.78 is 10.1. The van der Waals surface area contributed by atoms with Crippen molar-refractivity contribution in [1.29, 1.82) is 0 Å². The fourth-order valence-corrected chi connectivity index (χ4v) is 1.40. The molecule has 0 aliphatic rings. The summed E-state index contributed by atoms with van der Waals surface area (Å²) in [5.74, 6) is -0.821. The lowest BCUT2D eigenvalue weighted by Crippen LogP contribution is -2.16. The van der Waals surface area contributed by atoms with Gasteiger partial charge in [0.25, 0.3) is 0 Å². The van der Waals surface area contributed by atoms with E-state index in [0.29, 0.717) is 30.8 Å². The van der Waals surface area contributed by atoms with Crippen LogP contribution in [0.25, 0.3) is 0 Å². The zero-order valence-corrected chi connectivity index (χ0v) is 11.9. The molecule has 0 heterocycles. The van der Waals surface area contributed by atoms with Crippen molar-refractivity contribution in [3.8, 4) is 0 Å². The summed E-state index contributed by atoms with van der Waals surface area (Å²) in [4.78, 5) is 23.5. The van der Waals surface area contributed by atoms with E-state index in [0.717, 1.165) is 19.3 Å². The van der Waals surface area contributed by atoms with Crippen LogP contribution >= 0.6 is 0 Å². The lowest BCUT2D eigenvalue weighted by atomic mass is 10.1. The number of hydrogen-bond donors (Lipinski definition) is 0. The van der Waals surface area contributed by atoms with Crippen LogP contribution in [0, 0.1) is 0 Å². The Morgan fingerprint density at radius 3 is 1.78 bits per heavy atom. The van der Waals surface area contributed by atoms with Crippen LogP contribution in [0.15, 0.2) is 11.1 Å². The van der Waals surface area contributed by atoms with Gasteiger partial charge in [0.2, 0.25) is 0 Å². The summed E-state index contributed by atoms with van der Waals surface area (Å²) in [7, 11) is 0.